The molecule has 1 rings (SSSR count). The van der Waals surface area contributed by atoms with Crippen LogP contribution in [0.15, 0.2) is 0 Å². The van der Waals surface area contributed by atoms with Crippen LogP contribution in [0, 0.1) is 5.41 Å². The maximum atomic E-state index is 5.84. The van der Waals surface area contributed by atoms with Crippen LogP contribution in [0.4, 0.5) is 0 Å². The van der Waals surface area contributed by atoms with Crippen LogP contribution >= 0.6 is 0 Å². The highest BCUT2D eigenvalue weighted by atomic mass is 15.2. The van der Waals surface area contributed by atoms with Crippen molar-refractivity contribution in [1.82, 2.24) is 4.90 Å². The summed E-state index contributed by atoms with van der Waals surface area (Å²) in [6.45, 7) is 11.7. The highest BCUT2D eigenvalue weighted by Crippen LogP contribution is 2.29. The van der Waals surface area contributed by atoms with Crippen LogP contribution in [0.3, 0.4) is 0 Å². The van der Waals surface area contributed by atoms with Gasteiger partial charge in [-0.3, -0.25) is 0 Å². The second-order valence-corrected chi connectivity index (χ2v) is 5.80. The summed E-state index contributed by atoms with van der Waals surface area (Å²) >= 11 is 0. The van der Waals surface area contributed by atoms with Gasteiger partial charge in [0.25, 0.3) is 0 Å². The van der Waals surface area contributed by atoms with E-state index in [9.17, 15) is 0 Å². The highest BCUT2D eigenvalue weighted by Gasteiger charge is 2.28. The van der Waals surface area contributed by atoms with Crippen LogP contribution in [-0.2, 0) is 0 Å². The van der Waals surface area contributed by atoms with E-state index in [0.717, 1.165) is 6.42 Å². The molecule has 1 saturated heterocycles. The minimum atomic E-state index is 0.329. The van der Waals surface area contributed by atoms with Crippen molar-refractivity contribution in [3.8, 4) is 0 Å². The quantitative estimate of drug-likeness (QED) is 0.753. The summed E-state index contributed by atoms with van der Waals surface area (Å²) in [7, 11) is 0. The second kappa shape index (κ2) is 4.63. The Morgan fingerprint density at radius 1 is 1.36 bits per heavy atom. The van der Waals surface area contributed by atoms with Gasteiger partial charge in [0.1, 0.15) is 0 Å². The van der Waals surface area contributed by atoms with Crippen molar-refractivity contribution in [3.63, 3.8) is 0 Å². The average molecular weight is 198 g/mol. The van der Waals surface area contributed by atoms with Gasteiger partial charge in [-0.2, -0.15) is 0 Å². The van der Waals surface area contributed by atoms with Crippen LogP contribution in [0.1, 0.15) is 47.0 Å². The Morgan fingerprint density at radius 2 is 2.00 bits per heavy atom. The zero-order valence-electron chi connectivity index (χ0n) is 10.2. The third-order valence-corrected chi connectivity index (χ3v) is 3.27. The number of hydrogen-bond acceptors (Lipinski definition) is 2. The van der Waals surface area contributed by atoms with Gasteiger partial charge in [-0.1, -0.05) is 13.8 Å². The normalized spacial score (nSPS) is 27.2. The minimum absolute atomic E-state index is 0.329. The Balaban J connectivity index is 2.43. The molecule has 0 amide bonds. The predicted molar refractivity (Wildman–Crippen MR) is 62.3 cm³/mol. The summed E-state index contributed by atoms with van der Waals surface area (Å²) in [5.41, 5.74) is 6.35. The van der Waals surface area contributed by atoms with Gasteiger partial charge in [-0.15, -0.1) is 0 Å². The molecule has 84 valence electrons. The van der Waals surface area contributed by atoms with E-state index in [1.54, 1.807) is 0 Å². The van der Waals surface area contributed by atoms with Gasteiger partial charge in [0.15, 0.2) is 0 Å². The van der Waals surface area contributed by atoms with Crippen LogP contribution in [0.25, 0.3) is 0 Å². The summed E-state index contributed by atoms with van der Waals surface area (Å²) in [6, 6.07) is 0.976. The molecule has 1 fully saturated rings. The minimum Gasteiger partial charge on any atom is -0.328 e. The molecular weight excluding hydrogens is 172 g/mol. The van der Waals surface area contributed by atoms with Crippen molar-refractivity contribution in [1.29, 1.82) is 0 Å². The second-order valence-electron chi connectivity index (χ2n) is 5.80. The Labute approximate surface area is 88.8 Å². The first-order chi connectivity index (χ1) is 6.41. The molecule has 1 aliphatic heterocycles. The Kier molecular flexibility index (Phi) is 3.96. The zero-order chi connectivity index (χ0) is 10.8. The van der Waals surface area contributed by atoms with Crippen LogP contribution in [-0.4, -0.2) is 30.1 Å². The molecule has 14 heavy (non-hydrogen) atoms. The van der Waals surface area contributed by atoms with Crippen molar-refractivity contribution < 1.29 is 0 Å². The molecule has 2 unspecified atom stereocenters. The molecule has 0 aliphatic carbocycles. The van der Waals surface area contributed by atoms with Crippen molar-refractivity contribution in [3.05, 3.63) is 0 Å². The maximum Gasteiger partial charge on any atom is 0.00817 e. The fraction of sp³-hybridized carbons (Fsp3) is 1.00. The molecule has 0 saturated carbocycles. The monoisotopic (exact) mass is 198 g/mol. The van der Waals surface area contributed by atoms with Gasteiger partial charge in [0.05, 0.1) is 0 Å². The molecule has 0 spiro atoms. The summed E-state index contributed by atoms with van der Waals surface area (Å²) < 4.78 is 0. The predicted octanol–water partition coefficient (Wildman–Crippen LogP) is 2.23. The number of nitrogens with zero attached hydrogens (tertiary/aromatic N) is 1. The molecule has 0 aromatic carbocycles. The standard InChI is InChI=1S/C12H26N2/c1-10(13)8-11(2)14-7-5-6-12(3,4)9-14/h10-11H,5-9,13H2,1-4H3. The lowest BCUT2D eigenvalue weighted by molar-refractivity contribution is 0.0791. The first-order valence-electron chi connectivity index (χ1n) is 5.90. The number of piperidine rings is 1. The summed E-state index contributed by atoms with van der Waals surface area (Å²) in [4.78, 5) is 2.60. The first-order valence-corrected chi connectivity index (χ1v) is 5.90. The molecule has 2 atom stereocenters. The Hall–Kier alpha value is -0.0800. The smallest absolute Gasteiger partial charge is 0.00817 e. The number of likely N-dealkylation sites (tertiary alicyclic amines) is 1. The summed E-state index contributed by atoms with van der Waals surface area (Å²) in [5, 5.41) is 0. The highest BCUT2D eigenvalue weighted by molar-refractivity contribution is 4.83. The molecule has 2 nitrogen and oxygen atoms in total. The third-order valence-electron chi connectivity index (χ3n) is 3.27. The third kappa shape index (κ3) is 3.58. The van der Waals surface area contributed by atoms with Crippen molar-refractivity contribution in [2.75, 3.05) is 13.1 Å². The largest absolute Gasteiger partial charge is 0.328 e. The molecule has 0 aromatic rings. The molecule has 0 radical (unpaired) electrons. The first kappa shape index (κ1) is 12.0. The van der Waals surface area contributed by atoms with E-state index < -0.39 is 0 Å². The lowest BCUT2D eigenvalue weighted by Gasteiger charge is -2.41. The van der Waals surface area contributed by atoms with Crippen LogP contribution in [0.5, 0.6) is 0 Å². The number of nitrogens with two attached hydrogens (primary N) is 1. The van der Waals surface area contributed by atoms with Crippen LogP contribution < -0.4 is 5.73 Å². The lowest BCUT2D eigenvalue weighted by atomic mass is 9.83. The van der Waals surface area contributed by atoms with E-state index in [0.29, 0.717) is 17.5 Å². The van der Waals surface area contributed by atoms with Gasteiger partial charge >= 0.3 is 0 Å². The molecule has 1 heterocycles. The van der Waals surface area contributed by atoms with E-state index in [1.807, 2.05) is 0 Å². The molecule has 0 bridgehead atoms. The fourth-order valence-electron chi connectivity index (χ4n) is 2.53. The lowest BCUT2D eigenvalue weighted by Crippen LogP contribution is -2.46. The molecular formula is C12H26N2. The number of hydrogen-bond donors (Lipinski definition) is 1. The molecule has 1 aliphatic rings. The Morgan fingerprint density at radius 3 is 2.50 bits per heavy atom. The Bertz CT molecular complexity index is 175. The van der Waals surface area contributed by atoms with Crippen molar-refractivity contribution in [2.45, 2.75) is 59.0 Å². The van der Waals surface area contributed by atoms with E-state index in [-0.39, 0.29) is 0 Å². The van der Waals surface area contributed by atoms with E-state index in [1.165, 1.54) is 25.9 Å². The van der Waals surface area contributed by atoms with Crippen molar-refractivity contribution in [2.24, 2.45) is 11.1 Å². The maximum absolute atomic E-state index is 5.84. The topological polar surface area (TPSA) is 29.3 Å². The van der Waals surface area contributed by atoms with Gasteiger partial charge in [-0.25, -0.2) is 0 Å². The average Bonchev–Trinajstić information content (AvgIpc) is 2.01. The molecule has 2 heteroatoms. The van der Waals surface area contributed by atoms with E-state index >= 15 is 0 Å². The molecule has 2 N–H and O–H groups in total. The van der Waals surface area contributed by atoms with Gasteiger partial charge in [0, 0.05) is 18.6 Å². The summed E-state index contributed by atoms with van der Waals surface area (Å²) in [6.07, 6.45) is 3.83. The SMILES string of the molecule is CC(N)CC(C)N1CCCC(C)(C)C1. The van der Waals surface area contributed by atoms with Gasteiger partial charge in [0.2, 0.25) is 0 Å². The van der Waals surface area contributed by atoms with Crippen molar-refractivity contribution >= 4 is 0 Å². The van der Waals surface area contributed by atoms with Gasteiger partial charge < -0.3 is 10.6 Å². The number of rotatable bonds is 3. The fourth-order valence-corrected chi connectivity index (χ4v) is 2.53. The van der Waals surface area contributed by atoms with Gasteiger partial charge in [-0.05, 0) is 45.1 Å². The molecule has 0 aromatic heterocycles. The van der Waals surface area contributed by atoms with Crippen LogP contribution in [0.2, 0.25) is 0 Å². The van der Waals surface area contributed by atoms with E-state index in [4.69, 9.17) is 5.73 Å². The zero-order valence-corrected chi connectivity index (χ0v) is 10.2. The van der Waals surface area contributed by atoms with E-state index in [2.05, 4.69) is 32.6 Å². The summed E-state index contributed by atoms with van der Waals surface area (Å²) in [5.74, 6) is 0.